The first-order valence-electron chi connectivity index (χ1n) is 9.69. The maximum absolute atomic E-state index is 12.2. The average Bonchev–Trinajstić information content (AvgIpc) is 3.16. The van der Waals surface area contributed by atoms with Crippen LogP contribution in [0, 0.1) is 6.92 Å². The second-order valence-corrected chi connectivity index (χ2v) is 7.83. The summed E-state index contributed by atoms with van der Waals surface area (Å²) in [7, 11) is 0. The van der Waals surface area contributed by atoms with Crippen LogP contribution in [0.3, 0.4) is 0 Å². The lowest BCUT2D eigenvalue weighted by Gasteiger charge is -2.06. The third-order valence-electron chi connectivity index (χ3n) is 4.42. The first-order valence-corrected chi connectivity index (χ1v) is 10.5. The highest BCUT2D eigenvalue weighted by molar-refractivity contribution is 7.14. The molecule has 2 amide bonds. The van der Waals surface area contributed by atoms with Crippen LogP contribution in [0.25, 0.3) is 6.08 Å². The van der Waals surface area contributed by atoms with Crippen molar-refractivity contribution in [2.24, 2.45) is 0 Å². The largest absolute Gasteiger partial charge is 0.489 e. The van der Waals surface area contributed by atoms with Gasteiger partial charge in [0.15, 0.2) is 0 Å². The lowest BCUT2D eigenvalue weighted by molar-refractivity contribution is -0.117. The van der Waals surface area contributed by atoms with E-state index in [1.807, 2.05) is 67.6 Å². The molecule has 0 aliphatic heterocycles. The maximum Gasteiger partial charge on any atom is 0.279 e. The van der Waals surface area contributed by atoms with E-state index in [4.69, 9.17) is 4.74 Å². The van der Waals surface area contributed by atoms with Crippen molar-refractivity contribution in [3.05, 3.63) is 93.2 Å². The number of ether oxygens (including phenoxy) is 1. The third-order valence-corrected chi connectivity index (χ3v) is 5.80. The quantitative estimate of drug-likeness (QED) is 0.431. The van der Waals surface area contributed by atoms with E-state index < -0.39 is 5.91 Å². The van der Waals surface area contributed by atoms with Crippen molar-refractivity contribution in [2.75, 3.05) is 0 Å². The normalized spacial score (nSPS) is 10.7. The van der Waals surface area contributed by atoms with Crippen LogP contribution in [-0.2, 0) is 17.8 Å². The van der Waals surface area contributed by atoms with Gasteiger partial charge in [-0.05, 0) is 54.3 Å². The Morgan fingerprint density at radius 2 is 1.77 bits per heavy atom. The average molecular weight is 421 g/mol. The molecule has 3 aromatic rings. The van der Waals surface area contributed by atoms with Gasteiger partial charge >= 0.3 is 0 Å². The van der Waals surface area contributed by atoms with Crippen molar-refractivity contribution in [2.45, 2.75) is 26.9 Å². The molecule has 5 nitrogen and oxygen atoms in total. The Morgan fingerprint density at radius 3 is 2.43 bits per heavy atom. The van der Waals surface area contributed by atoms with Gasteiger partial charge in [-0.3, -0.25) is 20.4 Å². The van der Waals surface area contributed by atoms with Crippen molar-refractivity contribution in [1.29, 1.82) is 0 Å². The number of benzene rings is 2. The van der Waals surface area contributed by atoms with Gasteiger partial charge in [0.2, 0.25) is 0 Å². The van der Waals surface area contributed by atoms with E-state index in [0.717, 1.165) is 28.9 Å². The van der Waals surface area contributed by atoms with Crippen molar-refractivity contribution in [1.82, 2.24) is 10.9 Å². The summed E-state index contributed by atoms with van der Waals surface area (Å²) in [6.45, 7) is 4.53. The van der Waals surface area contributed by atoms with Crippen LogP contribution >= 0.6 is 11.3 Å². The van der Waals surface area contributed by atoms with E-state index in [9.17, 15) is 9.59 Å². The number of amides is 2. The molecule has 0 fully saturated rings. The molecule has 0 saturated heterocycles. The summed E-state index contributed by atoms with van der Waals surface area (Å²) in [6, 6.07) is 19.2. The number of hydrazine groups is 1. The number of aryl methyl sites for hydroxylation is 2. The summed E-state index contributed by atoms with van der Waals surface area (Å²) >= 11 is 1.44. The fraction of sp³-hybridized carbons (Fsp3) is 0.167. The molecule has 2 aromatic carbocycles. The van der Waals surface area contributed by atoms with Crippen LogP contribution in [0.1, 0.15) is 38.2 Å². The number of carbonyl (C=O) groups excluding carboxylic acids is 2. The smallest absolute Gasteiger partial charge is 0.279 e. The van der Waals surface area contributed by atoms with Crippen LogP contribution in [0.2, 0.25) is 0 Å². The highest BCUT2D eigenvalue weighted by atomic mass is 32.1. The van der Waals surface area contributed by atoms with E-state index >= 15 is 0 Å². The summed E-state index contributed by atoms with van der Waals surface area (Å²) in [6.07, 6.45) is 3.93. The number of rotatable bonds is 7. The van der Waals surface area contributed by atoms with Gasteiger partial charge in [0.05, 0.1) is 4.88 Å². The summed E-state index contributed by atoms with van der Waals surface area (Å²) in [5, 5.41) is 0. The molecule has 2 N–H and O–H groups in total. The molecule has 0 saturated carbocycles. The summed E-state index contributed by atoms with van der Waals surface area (Å²) in [5.41, 5.74) is 7.89. The van der Waals surface area contributed by atoms with Crippen molar-refractivity contribution >= 4 is 29.2 Å². The zero-order valence-electron chi connectivity index (χ0n) is 17.0. The lowest BCUT2D eigenvalue weighted by atomic mass is 10.2. The number of nitrogens with one attached hydrogen (secondary N) is 2. The van der Waals surface area contributed by atoms with Gasteiger partial charge in [-0.1, -0.05) is 49.4 Å². The van der Waals surface area contributed by atoms with Crippen LogP contribution in [0.5, 0.6) is 5.75 Å². The first kappa shape index (κ1) is 21.3. The van der Waals surface area contributed by atoms with Gasteiger partial charge in [0, 0.05) is 11.0 Å². The Balaban J connectivity index is 1.46. The molecule has 0 aliphatic carbocycles. The topological polar surface area (TPSA) is 67.4 Å². The molecular formula is C24H24N2O3S. The van der Waals surface area contributed by atoms with Gasteiger partial charge in [0.25, 0.3) is 11.8 Å². The van der Waals surface area contributed by atoms with Crippen LogP contribution in [0.4, 0.5) is 0 Å². The Hall–Kier alpha value is -3.38. The van der Waals surface area contributed by atoms with Gasteiger partial charge in [-0.15, -0.1) is 11.3 Å². The zero-order valence-corrected chi connectivity index (χ0v) is 17.8. The summed E-state index contributed by atoms with van der Waals surface area (Å²) in [5.74, 6) is 0.0339. The van der Waals surface area contributed by atoms with Gasteiger partial charge in [-0.25, -0.2) is 0 Å². The Morgan fingerprint density at radius 1 is 1.03 bits per heavy atom. The van der Waals surface area contributed by atoms with E-state index in [1.165, 1.54) is 22.3 Å². The van der Waals surface area contributed by atoms with E-state index in [1.54, 1.807) is 6.08 Å². The molecule has 154 valence electrons. The molecule has 1 heterocycles. The minimum absolute atomic E-state index is 0.315. The predicted molar refractivity (Wildman–Crippen MR) is 120 cm³/mol. The molecule has 30 heavy (non-hydrogen) atoms. The fourth-order valence-corrected chi connectivity index (χ4v) is 3.80. The van der Waals surface area contributed by atoms with Gasteiger partial charge in [-0.2, -0.15) is 0 Å². The molecule has 0 spiro atoms. The minimum Gasteiger partial charge on any atom is -0.489 e. The molecule has 1 aromatic heterocycles. The maximum atomic E-state index is 12.2. The predicted octanol–water partition coefficient (Wildman–Crippen LogP) is 4.67. The van der Waals surface area contributed by atoms with Gasteiger partial charge in [0.1, 0.15) is 12.4 Å². The minimum atomic E-state index is -0.406. The third kappa shape index (κ3) is 6.06. The van der Waals surface area contributed by atoms with E-state index in [0.29, 0.717) is 11.5 Å². The standard InChI is InChI=1S/C24H24N2O3S/c1-3-21-17(2)15-22(30-21)24(28)26-25-23(27)14-11-18-9-12-20(13-10-18)29-16-19-7-5-4-6-8-19/h4-15H,3,16H2,1-2H3,(H,25,27)(H,26,28)/b14-11+. The van der Waals surface area contributed by atoms with Crippen LogP contribution in [0.15, 0.2) is 66.7 Å². The Kier molecular flexibility index (Phi) is 7.40. The molecule has 0 unspecified atom stereocenters. The zero-order chi connectivity index (χ0) is 21.3. The fourth-order valence-electron chi connectivity index (χ4n) is 2.79. The molecule has 0 aliphatic rings. The molecule has 0 radical (unpaired) electrons. The number of thiophene rings is 1. The van der Waals surface area contributed by atoms with Crippen LogP contribution < -0.4 is 15.6 Å². The Labute approximate surface area is 180 Å². The molecule has 0 atom stereocenters. The lowest BCUT2D eigenvalue weighted by Crippen LogP contribution is -2.40. The van der Waals surface area contributed by atoms with Crippen molar-refractivity contribution in [3.63, 3.8) is 0 Å². The SMILES string of the molecule is CCc1sc(C(=O)NNC(=O)/C=C/c2ccc(OCc3ccccc3)cc2)cc1C. The van der Waals surface area contributed by atoms with Crippen molar-refractivity contribution < 1.29 is 14.3 Å². The summed E-state index contributed by atoms with van der Waals surface area (Å²) < 4.78 is 5.75. The highest BCUT2D eigenvalue weighted by Gasteiger charge is 2.11. The summed E-state index contributed by atoms with van der Waals surface area (Å²) in [4.78, 5) is 25.9. The van der Waals surface area contributed by atoms with Gasteiger partial charge < -0.3 is 4.74 Å². The molecular weight excluding hydrogens is 396 g/mol. The molecule has 3 rings (SSSR count). The Bertz CT molecular complexity index is 1020. The van der Waals surface area contributed by atoms with Crippen molar-refractivity contribution in [3.8, 4) is 5.75 Å². The second-order valence-electron chi connectivity index (χ2n) is 6.69. The monoisotopic (exact) mass is 420 g/mol. The number of carbonyl (C=O) groups is 2. The molecule has 0 bridgehead atoms. The highest BCUT2D eigenvalue weighted by Crippen LogP contribution is 2.22. The number of hydrogen-bond donors (Lipinski definition) is 2. The van der Waals surface area contributed by atoms with Crippen LogP contribution in [-0.4, -0.2) is 11.8 Å². The first-order chi connectivity index (χ1) is 14.5. The molecule has 6 heteroatoms. The number of hydrogen-bond acceptors (Lipinski definition) is 4. The van der Waals surface area contributed by atoms with E-state index in [-0.39, 0.29) is 5.91 Å². The second kappa shape index (κ2) is 10.4. The van der Waals surface area contributed by atoms with E-state index in [2.05, 4.69) is 17.8 Å².